The zero-order chi connectivity index (χ0) is 14.7. The lowest BCUT2D eigenvalue weighted by atomic mass is 10.2. The van der Waals surface area contributed by atoms with Crippen molar-refractivity contribution in [3.8, 4) is 0 Å². The number of nitro groups is 1. The van der Waals surface area contributed by atoms with Gasteiger partial charge in [-0.25, -0.2) is 4.39 Å². The molecule has 0 aliphatic heterocycles. The average molecular weight is 339 g/mol. The maximum Gasteiger partial charge on any atom is 0.283 e. The Hall–Kier alpha value is -1.95. The van der Waals surface area contributed by atoms with Crippen LogP contribution in [0.25, 0.3) is 0 Å². The largest absolute Gasteiger partial charge is 0.370 e. The molecule has 0 heterocycles. The fourth-order valence-corrected chi connectivity index (χ4v) is 2.27. The highest BCUT2D eigenvalue weighted by molar-refractivity contribution is 9.10. The van der Waals surface area contributed by atoms with E-state index in [0.29, 0.717) is 11.0 Å². The van der Waals surface area contributed by atoms with Crippen LogP contribution in [0, 0.1) is 15.9 Å². The van der Waals surface area contributed by atoms with E-state index >= 15 is 0 Å². The van der Waals surface area contributed by atoms with Crippen molar-refractivity contribution < 1.29 is 9.31 Å². The summed E-state index contributed by atoms with van der Waals surface area (Å²) in [6, 6.07) is 11.2. The molecule has 0 saturated carbocycles. The van der Waals surface area contributed by atoms with Gasteiger partial charge in [0.15, 0.2) is 0 Å². The maximum atomic E-state index is 13.2. The summed E-state index contributed by atoms with van der Waals surface area (Å²) in [6.45, 7) is 0.456. The zero-order valence-electron chi connectivity index (χ0n) is 10.7. The lowest BCUT2D eigenvalue weighted by molar-refractivity contribution is -0.385. The quantitative estimate of drug-likeness (QED) is 0.621. The van der Waals surface area contributed by atoms with Crippen LogP contribution in [-0.2, 0) is 6.54 Å². The van der Waals surface area contributed by atoms with Crippen molar-refractivity contribution in [2.75, 3.05) is 11.9 Å². The monoisotopic (exact) mass is 338 g/mol. The maximum absolute atomic E-state index is 13.2. The van der Waals surface area contributed by atoms with E-state index in [1.165, 1.54) is 18.2 Å². The Balaban J connectivity index is 2.22. The lowest BCUT2D eigenvalue weighted by Crippen LogP contribution is -2.16. The van der Waals surface area contributed by atoms with E-state index in [4.69, 9.17) is 0 Å². The third-order valence-corrected chi connectivity index (χ3v) is 3.55. The minimum atomic E-state index is -0.435. The van der Waals surface area contributed by atoms with Crippen molar-refractivity contribution in [3.63, 3.8) is 0 Å². The van der Waals surface area contributed by atoms with Gasteiger partial charge < -0.3 is 4.90 Å². The molecule has 0 aromatic heterocycles. The summed E-state index contributed by atoms with van der Waals surface area (Å²) in [6.07, 6.45) is 0. The fourth-order valence-electron chi connectivity index (χ4n) is 1.88. The van der Waals surface area contributed by atoms with Gasteiger partial charge in [-0.3, -0.25) is 10.1 Å². The van der Waals surface area contributed by atoms with Gasteiger partial charge in [-0.2, -0.15) is 0 Å². The molecule has 0 spiro atoms. The second-order valence-corrected chi connectivity index (χ2v) is 5.23. The van der Waals surface area contributed by atoms with E-state index in [1.54, 1.807) is 24.3 Å². The van der Waals surface area contributed by atoms with Gasteiger partial charge in [0.05, 0.1) is 9.40 Å². The van der Waals surface area contributed by atoms with Crippen molar-refractivity contribution in [2.24, 2.45) is 0 Å². The van der Waals surface area contributed by atoms with E-state index in [1.807, 2.05) is 11.9 Å². The number of rotatable bonds is 4. The van der Waals surface area contributed by atoms with Crippen LogP contribution in [-0.4, -0.2) is 12.0 Å². The first-order valence-electron chi connectivity index (χ1n) is 5.87. The number of halogens is 2. The van der Waals surface area contributed by atoms with Gasteiger partial charge in [-0.15, -0.1) is 0 Å². The fraction of sp³-hybridized carbons (Fsp3) is 0.143. The van der Waals surface area contributed by atoms with Gasteiger partial charge in [0, 0.05) is 25.3 Å². The van der Waals surface area contributed by atoms with E-state index in [2.05, 4.69) is 15.9 Å². The summed E-state index contributed by atoms with van der Waals surface area (Å²) in [5.74, 6) is -0.309. The van der Waals surface area contributed by atoms with Crippen LogP contribution < -0.4 is 4.90 Å². The van der Waals surface area contributed by atoms with Gasteiger partial charge >= 0.3 is 0 Å². The molecule has 104 valence electrons. The highest BCUT2D eigenvalue weighted by Gasteiger charge is 2.13. The Morgan fingerprint density at radius 1 is 1.30 bits per heavy atom. The molecule has 2 aromatic rings. The van der Waals surface area contributed by atoms with Crippen LogP contribution >= 0.6 is 15.9 Å². The summed E-state index contributed by atoms with van der Waals surface area (Å²) >= 11 is 3.15. The van der Waals surface area contributed by atoms with E-state index < -0.39 is 4.92 Å². The summed E-state index contributed by atoms with van der Waals surface area (Å²) in [4.78, 5) is 12.3. The van der Waals surface area contributed by atoms with Crippen molar-refractivity contribution in [3.05, 3.63) is 68.4 Å². The Bertz CT molecular complexity index is 649. The Morgan fingerprint density at radius 2 is 2.05 bits per heavy atom. The van der Waals surface area contributed by atoms with Gasteiger partial charge in [0.1, 0.15) is 5.82 Å². The first-order chi connectivity index (χ1) is 9.47. The standard InChI is InChI=1S/C14H12BrFN2O2/c1-17(12-4-2-3-11(16)8-12)9-10-5-6-13(15)14(7-10)18(19)20/h2-8H,9H2,1H3. The number of benzene rings is 2. The summed E-state index contributed by atoms with van der Waals surface area (Å²) < 4.78 is 13.6. The Kier molecular flexibility index (Phi) is 4.34. The summed E-state index contributed by atoms with van der Waals surface area (Å²) in [5.41, 5.74) is 1.53. The number of nitrogens with zero attached hydrogens (tertiary/aromatic N) is 2. The highest BCUT2D eigenvalue weighted by Crippen LogP contribution is 2.26. The van der Waals surface area contributed by atoms with Crippen LogP contribution in [0.4, 0.5) is 15.8 Å². The van der Waals surface area contributed by atoms with Crippen molar-refractivity contribution in [1.82, 2.24) is 0 Å². The van der Waals surface area contributed by atoms with E-state index in [0.717, 1.165) is 11.3 Å². The molecule has 0 fully saturated rings. The normalized spacial score (nSPS) is 10.3. The molecular formula is C14H12BrFN2O2. The molecule has 0 amide bonds. The molecule has 0 aliphatic carbocycles. The van der Waals surface area contributed by atoms with Crippen LogP contribution in [0.5, 0.6) is 0 Å². The molecule has 6 heteroatoms. The molecular weight excluding hydrogens is 327 g/mol. The molecule has 2 rings (SSSR count). The van der Waals surface area contributed by atoms with E-state index in [-0.39, 0.29) is 11.5 Å². The van der Waals surface area contributed by atoms with Crippen molar-refractivity contribution in [2.45, 2.75) is 6.54 Å². The van der Waals surface area contributed by atoms with Gasteiger partial charge in [0.25, 0.3) is 5.69 Å². The minimum absolute atomic E-state index is 0.0233. The number of hydrogen-bond acceptors (Lipinski definition) is 3. The molecule has 4 nitrogen and oxygen atoms in total. The number of nitro benzene ring substituents is 1. The smallest absolute Gasteiger partial charge is 0.283 e. The molecule has 0 N–H and O–H groups in total. The second kappa shape index (κ2) is 6.00. The molecule has 2 aromatic carbocycles. The third-order valence-electron chi connectivity index (χ3n) is 2.88. The molecule has 20 heavy (non-hydrogen) atoms. The SMILES string of the molecule is CN(Cc1ccc(Br)c([N+](=O)[O-])c1)c1cccc(F)c1. The molecule has 0 atom stereocenters. The van der Waals surface area contributed by atoms with E-state index in [9.17, 15) is 14.5 Å². The first-order valence-corrected chi connectivity index (χ1v) is 6.66. The van der Waals surface area contributed by atoms with Crippen molar-refractivity contribution >= 4 is 27.3 Å². The van der Waals surface area contributed by atoms with Gasteiger partial charge in [-0.05, 0) is 45.8 Å². The molecule has 0 unspecified atom stereocenters. The van der Waals surface area contributed by atoms with Crippen LogP contribution in [0.2, 0.25) is 0 Å². The van der Waals surface area contributed by atoms with Gasteiger partial charge in [0.2, 0.25) is 0 Å². The van der Waals surface area contributed by atoms with Crippen LogP contribution in [0.15, 0.2) is 46.9 Å². The zero-order valence-corrected chi connectivity index (χ0v) is 12.3. The highest BCUT2D eigenvalue weighted by atomic mass is 79.9. The van der Waals surface area contributed by atoms with Crippen molar-refractivity contribution in [1.29, 1.82) is 0 Å². The second-order valence-electron chi connectivity index (χ2n) is 4.38. The number of hydrogen-bond donors (Lipinski definition) is 0. The van der Waals surface area contributed by atoms with Crippen LogP contribution in [0.3, 0.4) is 0 Å². The van der Waals surface area contributed by atoms with Gasteiger partial charge in [-0.1, -0.05) is 12.1 Å². The summed E-state index contributed by atoms with van der Waals surface area (Å²) in [5, 5.41) is 10.9. The predicted octanol–water partition coefficient (Wildman–Crippen LogP) is 4.13. The minimum Gasteiger partial charge on any atom is -0.370 e. The Morgan fingerprint density at radius 3 is 2.70 bits per heavy atom. The van der Waals surface area contributed by atoms with Crippen LogP contribution in [0.1, 0.15) is 5.56 Å². The number of anilines is 1. The summed E-state index contributed by atoms with van der Waals surface area (Å²) in [7, 11) is 1.81. The first kappa shape index (κ1) is 14.5. The molecule has 0 radical (unpaired) electrons. The topological polar surface area (TPSA) is 46.4 Å². The molecule has 0 aliphatic rings. The molecule has 0 saturated heterocycles. The molecule has 0 bridgehead atoms. The third kappa shape index (κ3) is 3.33. The lowest BCUT2D eigenvalue weighted by Gasteiger charge is -2.19. The predicted molar refractivity (Wildman–Crippen MR) is 79.3 cm³/mol. The average Bonchev–Trinajstić information content (AvgIpc) is 2.40. The Labute approximate surface area is 124 Å².